The van der Waals surface area contributed by atoms with Crippen LogP contribution < -0.4 is 0 Å². The summed E-state index contributed by atoms with van der Waals surface area (Å²) in [6.45, 7) is 13.6. The highest BCUT2D eigenvalue weighted by molar-refractivity contribution is 8.17. The first-order chi connectivity index (χ1) is 17.2. The Bertz CT molecular complexity index is 1270. The molecule has 0 spiro atoms. The van der Waals surface area contributed by atoms with Crippen molar-refractivity contribution in [1.82, 2.24) is 4.98 Å². The molecule has 0 amide bonds. The number of benzene rings is 3. The van der Waals surface area contributed by atoms with Gasteiger partial charge in [0.25, 0.3) is 0 Å². The van der Waals surface area contributed by atoms with Gasteiger partial charge in [-0.1, -0.05) is 108 Å². The number of nitrogens with zero attached hydrogens (tertiary/aromatic N) is 1. The maximum absolute atomic E-state index is 11.8. The van der Waals surface area contributed by atoms with Gasteiger partial charge in [-0.2, -0.15) is 0 Å². The molecule has 0 bridgehead atoms. The van der Waals surface area contributed by atoms with Gasteiger partial charge in [-0.05, 0) is 69.0 Å². The molecule has 188 valence electrons. The van der Waals surface area contributed by atoms with Gasteiger partial charge in [0.2, 0.25) is 0 Å². The number of rotatable bonds is 9. The Morgan fingerprint density at radius 3 is 1.86 bits per heavy atom. The Kier molecular flexibility index (Phi) is 8.82. The highest BCUT2D eigenvalue weighted by atomic mass is 32.2. The van der Waals surface area contributed by atoms with E-state index in [0.29, 0.717) is 17.8 Å². The smallest absolute Gasteiger partial charge is 0.101 e. The number of aromatic nitrogens is 1. The van der Waals surface area contributed by atoms with Crippen LogP contribution in [0.5, 0.6) is 0 Å². The van der Waals surface area contributed by atoms with E-state index in [4.69, 9.17) is 0 Å². The zero-order valence-electron chi connectivity index (χ0n) is 22.1. The van der Waals surface area contributed by atoms with E-state index in [1.165, 1.54) is 27.0 Å². The molecule has 0 radical (unpaired) electrons. The van der Waals surface area contributed by atoms with Crippen molar-refractivity contribution in [3.63, 3.8) is 0 Å². The second-order valence-electron chi connectivity index (χ2n) is 10.3. The number of aliphatic hydroxyl groups is 1. The fourth-order valence-electron chi connectivity index (χ4n) is 4.38. The minimum atomic E-state index is -0.656. The largest absolute Gasteiger partial charge is 0.386 e. The summed E-state index contributed by atoms with van der Waals surface area (Å²) in [5.41, 5.74) is 5.06. The molecular weight excluding hydrogens is 478 g/mol. The van der Waals surface area contributed by atoms with E-state index in [9.17, 15) is 5.11 Å². The highest BCUT2D eigenvalue weighted by Gasteiger charge is 2.28. The maximum Gasteiger partial charge on any atom is 0.101 e. The lowest BCUT2D eigenvalue weighted by Gasteiger charge is -2.28. The molecular formula is C32H37NOS2. The van der Waals surface area contributed by atoms with Crippen LogP contribution in [0.2, 0.25) is 0 Å². The first-order valence-electron chi connectivity index (χ1n) is 12.8. The van der Waals surface area contributed by atoms with Crippen molar-refractivity contribution in [2.75, 3.05) is 0 Å². The molecule has 1 aromatic heterocycles. The number of pyridine rings is 1. The van der Waals surface area contributed by atoms with E-state index in [-0.39, 0.29) is 4.58 Å². The monoisotopic (exact) mass is 515 g/mol. The molecule has 36 heavy (non-hydrogen) atoms. The number of thioether (sulfide) groups is 2. The molecule has 0 saturated heterocycles. The normalized spacial score (nSPS) is 13.6. The van der Waals surface area contributed by atoms with Gasteiger partial charge in [0.05, 0.1) is 9.61 Å². The second-order valence-corrected chi connectivity index (χ2v) is 12.9. The van der Waals surface area contributed by atoms with Gasteiger partial charge >= 0.3 is 0 Å². The minimum absolute atomic E-state index is 0.152. The Hall–Kier alpha value is -2.27. The Balaban J connectivity index is 1.80. The quantitative estimate of drug-likeness (QED) is 0.178. The first kappa shape index (κ1) is 26.8. The van der Waals surface area contributed by atoms with E-state index in [1.54, 1.807) is 23.5 Å². The Morgan fingerprint density at radius 1 is 0.639 bits per heavy atom. The van der Waals surface area contributed by atoms with E-state index < -0.39 is 6.10 Å². The molecule has 4 aromatic rings. The molecule has 4 heteroatoms. The van der Waals surface area contributed by atoms with Crippen molar-refractivity contribution >= 4 is 34.3 Å². The number of hydrogen-bond acceptors (Lipinski definition) is 4. The van der Waals surface area contributed by atoms with Crippen molar-refractivity contribution < 1.29 is 5.11 Å². The van der Waals surface area contributed by atoms with Gasteiger partial charge in [0.1, 0.15) is 6.10 Å². The van der Waals surface area contributed by atoms with Crippen molar-refractivity contribution in [2.45, 2.75) is 79.9 Å². The number of fused-ring (bicyclic) bond motifs is 1. The summed E-state index contributed by atoms with van der Waals surface area (Å²) in [6.07, 6.45) is 1.17. The zero-order valence-corrected chi connectivity index (χ0v) is 23.7. The van der Waals surface area contributed by atoms with Crippen LogP contribution in [0.3, 0.4) is 0 Å². The molecule has 3 aromatic carbocycles. The second kappa shape index (κ2) is 11.9. The third-order valence-electron chi connectivity index (χ3n) is 6.56. The molecule has 0 saturated carbocycles. The van der Waals surface area contributed by atoms with E-state index in [2.05, 4.69) is 95.1 Å². The molecule has 1 heterocycles. The predicted octanol–water partition coefficient (Wildman–Crippen LogP) is 9.55. The molecule has 0 unspecified atom stereocenters. The molecule has 0 fully saturated rings. The summed E-state index contributed by atoms with van der Waals surface area (Å²) in [4.78, 5) is 5.88. The van der Waals surface area contributed by atoms with E-state index in [0.717, 1.165) is 16.0 Å². The molecule has 2 atom stereocenters. The minimum Gasteiger partial charge on any atom is -0.386 e. The zero-order chi connectivity index (χ0) is 25.8. The van der Waals surface area contributed by atoms with Crippen molar-refractivity contribution in [1.29, 1.82) is 0 Å². The predicted molar refractivity (Wildman–Crippen MR) is 157 cm³/mol. The van der Waals surface area contributed by atoms with Gasteiger partial charge in [-0.3, -0.25) is 0 Å². The van der Waals surface area contributed by atoms with Crippen LogP contribution in [0.25, 0.3) is 10.8 Å². The van der Waals surface area contributed by atoms with Gasteiger partial charge in [-0.15, -0.1) is 11.8 Å². The van der Waals surface area contributed by atoms with Crippen molar-refractivity contribution in [3.8, 4) is 0 Å². The lowest BCUT2D eigenvalue weighted by Crippen LogP contribution is -2.14. The molecule has 0 aliphatic heterocycles. The molecule has 2 nitrogen and oxygen atoms in total. The SMILES string of the molecule is CC(C)c1cc(C(C)C)c(S[C@@H](Sc2ccccn2)[C@H](O)c2ccc3ccccc3c2)c(C(C)C)c1. The van der Waals surface area contributed by atoms with E-state index >= 15 is 0 Å². The van der Waals surface area contributed by atoms with Crippen molar-refractivity contribution in [3.05, 3.63) is 101 Å². The fourth-order valence-corrected chi connectivity index (χ4v) is 7.34. The van der Waals surface area contributed by atoms with E-state index in [1.807, 2.05) is 30.5 Å². The summed E-state index contributed by atoms with van der Waals surface area (Å²) in [6, 6.07) is 25.4. The summed E-state index contributed by atoms with van der Waals surface area (Å²) in [7, 11) is 0. The number of hydrogen-bond donors (Lipinski definition) is 1. The highest BCUT2D eigenvalue weighted by Crippen LogP contribution is 2.47. The van der Waals surface area contributed by atoms with Crippen LogP contribution >= 0.6 is 23.5 Å². The molecule has 0 aliphatic rings. The maximum atomic E-state index is 11.8. The summed E-state index contributed by atoms with van der Waals surface area (Å²) >= 11 is 3.44. The summed E-state index contributed by atoms with van der Waals surface area (Å²) in [5, 5.41) is 15.0. The average Bonchev–Trinajstić information content (AvgIpc) is 2.87. The van der Waals surface area contributed by atoms with Gasteiger partial charge in [0, 0.05) is 11.1 Å². The lowest BCUT2D eigenvalue weighted by atomic mass is 9.89. The standard InChI is InChI=1S/C32H37NOS2/c1-20(2)26-18-27(21(3)4)31(28(19-26)22(5)6)36-32(35-29-13-9-10-16-33-29)30(34)25-15-14-23-11-7-8-12-24(23)17-25/h7-22,30,32,34H,1-6H3/t30-,32-/m1/s1. The number of aliphatic hydroxyl groups excluding tert-OH is 1. The fraction of sp³-hybridized carbons (Fsp3) is 0.344. The van der Waals surface area contributed by atoms with Crippen LogP contribution in [0.4, 0.5) is 0 Å². The van der Waals surface area contributed by atoms with Gasteiger partial charge < -0.3 is 5.11 Å². The van der Waals surface area contributed by atoms with Crippen molar-refractivity contribution in [2.24, 2.45) is 0 Å². The van der Waals surface area contributed by atoms with Crippen LogP contribution in [-0.4, -0.2) is 14.7 Å². The lowest BCUT2D eigenvalue weighted by molar-refractivity contribution is 0.196. The Morgan fingerprint density at radius 2 is 1.28 bits per heavy atom. The Labute approximate surface area is 225 Å². The van der Waals surface area contributed by atoms with Gasteiger partial charge in [-0.25, -0.2) is 4.98 Å². The molecule has 1 N–H and O–H groups in total. The topological polar surface area (TPSA) is 33.1 Å². The molecule has 0 aliphatic carbocycles. The average molecular weight is 516 g/mol. The first-order valence-corrected chi connectivity index (χ1v) is 14.6. The van der Waals surface area contributed by atoms with Crippen LogP contribution in [0, 0.1) is 0 Å². The van der Waals surface area contributed by atoms with Crippen LogP contribution in [0.1, 0.15) is 87.7 Å². The van der Waals surface area contributed by atoms with Gasteiger partial charge in [0.15, 0.2) is 0 Å². The summed E-state index contributed by atoms with van der Waals surface area (Å²) < 4.78 is -0.152. The summed E-state index contributed by atoms with van der Waals surface area (Å²) in [5.74, 6) is 1.25. The molecule has 4 rings (SSSR count). The van der Waals surface area contributed by atoms with Crippen LogP contribution in [0.15, 0.2) is 88.9 Å². The van der Waals surface area contributed by atoms with Crippen LogP contribution in [-0.2, 0) is 0 Å². The third kappa shape index (κ3) is 6.16. The third-order valence-corrected chi connectivity index (χ3v) is 9.31.